The molecule has 0 atom stereocenters. The highest BCUT2D eigenvalue weighted by Gasteiger charge is 2.04. The Bertz CT molecular complexity index is 745. The van der Waals surface area contributed by atoms with Gasteiger partial charge in [-0.1, -0.05) is 36.4 Å². The van der Waals surface area contributed by atoms with Crippen LogP contribution in [0.25, 0.3) is 6.08 Å². The van der Waals surface area contributed by atoms with Crippen LogP contribution in [0, 0.1) is 0 Å². The summed E-state index contributed by atoms with van der Waals surface area (Å²) in [5.74, 6) is 1.47. The Morgan fingerprint density at radius 1 is 0.929 bits per heavy atom. The van der Waals surface area contributed by atoms with Crippen LogP contribution in [0.4, 0.5) is 0 Å². The molecular weight excluding hydrogens is 352 g/mol. The molecule has 0 unspecified atom stereocenters. The highest BCUT2D eigenvalue weighted by Crippen LogP contribution is 2.27. The molecule has 0 saturated carbocycles. The first-order valence-electron chi connectivity index (χ1n) is 9.65. The molecular formula is C23H30N2O3. The third-order valence-corrected chi connectivity index (χ3v) is 4.32. The summed E-state index contributed by atoms with van der Waals surface area (Å²) in [6, 6.07) is 15.8. The molecule has 0 aliphatic carbocycles. The van der Waals surface area contributed by atoms with Gasteiger partial charge < -0.3 is 20.1 Å². The van der Waals surface area contributed by atoms with Crippen LogP contribution < -0.4 is 20.1 Å². The number of carbonyl (C=O) groups is 1. The van der Waals surface area contributed by atoms with E-state index < -0.39 is 0 Å². The summed E-state index contributed by atoms with van der Waals surface area (Å²) in [7, 11) is 3.29. The van der Waals surface area contributed by atoms with Gasteiger partial charge in [0.2, 0.25) is 5.91 Å². The number of rotatable bonds is 12. The van der Waals surface area contributed by atoms with Gasteiger partial charge in [0.1, 0.15) is 0 Å². The topological polar surface area (TPSA) is 59.6 Å². The average molecular weight is 383 g/mol. The summed E-state index contributed by atoms with van der Waals surface area (Å²) in [6.45, 7) is 2.49. The first kappa shape index (κ1) is 21.5. The van der Waals surface area contributed by atoms with E-state index in [-0.39, 0.29) is 5.91 Å². The predicted octanol–water partition coefficient (Wildman–Crippen LogP) is 3.45. The third-order valence-electron chi connectivity index (χ3n) is 4.32. The van der Waals surface area contributed by atoms with Gasteiger partial charge in [-0.05, 0) is 61.7 Å². The van der Waals surface area contributed by atoms with Gasteiger partial charge in [-0.15, -0.1) is 0 Å². The van der Waals surface area contributed by atoms with Gasteiger partial charge in [-0.3, -0.25) is 4.79 Å². The highest BCUT2D eigenvalue weighted by molar-refractivity contribution is 5.91. The van der Waals surface area contributed by atoms with Crippen molar-refractivity contribution in [1.82, 2.24) is 10.6 Å². The van der Waals surface area contributed by atoms with E-state index in [1.807, 2.05) is 48.5 Å². The second-order valence-electron chi connectivity index (χ2n) is 6.43. The van der Waals surface area contributed by atoms with Crippen molar-refractivity contribution in [3.05, 3.63) is 65.7 Å². The molecule has 1 amide bonds. The fraction of sp³-hybridized carbons (Fsp3) is 0.348. The lowest BCUT2D eigenvalue weighted by atomic mass is 10.1. The van der Waals surface area contributed by atoms with Crippen molar-refractivity contribution in [2.24, 2.45) is 0 Å². The predicted molar refractivity (Wildman–Crippen MR) is 114 cm³/mol. The Balaban J connectivity index is 1.53. The van der Waals surface area contributed by atoms with Crippen LogP contribution in [0.3, 0.4) is 0 Å². The fourth-order valence-electron chi connectivity index (χ4n) is 2.80. The zero-order valence-electron chi connectivity index (χ0n) is 16.7. The molecule has 0 fully saturated rings. The zero-order valence-corrected chi connectivity index (χ0v) is 16.7. The average Bonchev–Trinajstić information content (AvgIpc) is 2.74. The highest BCUT2D eigenvalue weighted by atomic mass is 16.5. The summed E-state index contributed by atoms with van der Waals surface area (Å²) in [5.41, 5.74) is 2.26. The maximum absolute atomic E-state index is 11.8. The van der Waals surface area contributed by atoms with Gasteiger partial charge in [0.25, 0.3) is 0 Å². The number of nitrogens with one attached hydrogen (secondary N) is 2. The molecule has 5 nitrogen and oxygen atoms in total. The van der Waals surface area contributed by atoms with Gasteiger partial charge in [0.05, 0.1) is 14.2 Å². The molecule has 28 heavy (non-hydrogen) atoms. The largest absolute Gasteiger partial charge is 0.493 e. The molecule has 2 N–H and O–H groups in total. The molecule has 2 rings (SSSR count). The van der Waals surface area contributed by atoms with E-state index in [0.717, 1.165) is 49.4 Å². The SMILES string of the molecule is COc1ccc(CCCNCCCNC(=O)C=Cc2ccccc2)cc1OC. The van der Waals surface area contributed by atoms with Crippen molar-refractivity contribution in [2.75, 3.05) is 33.9 Å². The maximum atomic E-state index is 11.8. The number of hydrogen-bond donors (Lipinski definition) is 2. The number of aryl methyl sites for hydroxylation is 1. The van der Waals surface area contributed by atoms with Gasteiger partial charge in [0, 0.05) is 12.6 Å². The Morgan fingerprint density at radius 3 is 2.43 bits per heavy atom. The number of carbonyl (C=O) groups excluding carboxylic acids is 1. The first-order valence-corrected chi connectivity index (χ1v) is 9.65. The Kier molecular flexibility index (Phi) is 9.66. The van der Waals surface area contributed by atoms with Crippen LogP contribution in [0.1, 0.15) is 24.0 Å². The molecule has 2 aromatic rings. The molecule has 0 spiro atoms. The minimum atomic E-state index is -0.0580. The van der Waals surface area contributed by atoms with Crippen molar-refractivity contribution in [3.8, 4) is 11.5 Å². The lowest BCUT2D eigenvalue weighted by molar-refractivity contribution is -0.116. The summed E-state index contributed by atoms with van der Waals surface area (Å²) in [5, 5.41) is 6.31. The normalized spacial score (nSPS) is 10.8. The Morgan fingerprint density at radius 2 is 1.68 bits per heavy atom. The summed E-state index contributed by atoms with van der Waals surface area (Å²) in [6.07, 6.45) is 6.32. The zero-order chi connectivity index (χ0) is 20.0. The van der Waals surface area contributed by atoms with E-state index in [4.69, 9.17) is 9.47 Å². The van der Waals surface area contributed by atoms with E-state index in [1.165, 1.54) is 5.56 Å². The van der Waals surface area contributed by atoms with Gasteiger partial charge in [-0.25, -0.2) is 0 Å². The number of ether oxygens (including phenoxy) is 2. The molecule has 0 saturated heterocycles. The van der Waals surface area contributed by atoms with Crippen molar-refractivity contribution in [1.29, 1.82) is 0 Å². The molecule has 2 aromatic carbocycles. The van der Waals surface area contributed by atoms with E-state index in [9.17, 15) is 4.79 Å². The Labute approximate surface area is 167 Å². The second-order valence-corrected chi connectivity index (χ2v) is 6.43. The molecule has 5 heteroatoms. The van der Waals surface area contributed by atoms with Crippen LogP contribution in [0.2, 0.25) is 0 Å². The molecule has 0 aromatic heterocycles. The summed E-state index contributed by atoms with van der Waals surface area (Å²) < 4.78 is 10.6. The van der Waals surface area contributed by atoms with Crippen LogP contribution in [0.5, 0.6) is 11.5 Å². The lowest BCUT2D eigenvalue weighted by Crippen LogP contribution is -2.26. The standard InChI is InChI=1S/C23H30N2O3/c1-27-21-13-11-20(18-22(21)28-2)10-6-15-24-16-7-17-25-23(26)14-12-19-8-4-3-5-9-19/h3-5,8-9,11-14,18,24H,6-7,10,15-17H2,1-2H3,(H,25,26). The van der Waals surface area contributed by atoms with Crippen molar-refractivity contribution in [3.63, 3.8) is 0 Å². The molecule has 0 heterocycles. The van der Waals surface area contributed by atoms with Crippen LogP contribution >= 0.6 is 0 Å². The smallest absolute Gasteiger partial charge is 0.243 e. The van der Waals surface area contributed by atoms with E-state index in [2.05, 4.69) is 16.7 Å². The minimum Gasteiger partial charge on any atom is -0.493 e. The molecule has 0 radical (unpaired) electrons. The molecule has 0 bridgehead atoms. The van der Waals surface area contributed by atoms with Crippen LogP contribution in [-0.4, -0.2) is 39.8 Å². The molecule has 0 aliphatic rings. The van der Waals surface area contributed by atoms with Crippen molar-refractivity contribution < 1.29 is 14.3 Å². The Hall–Kier alpha value is -2.79. The summed E-state index contributed by atoms with van der Waals surface area (Å²) in [4.78, 5) is 11.8. The molecule has 0 aliphatic heterocycles. The third kappa shape index (κ3) is 7.84. The monoisotopic (exact) mass is 382 g/mol. The van der Waals surface area contributed by atoms with E-state index >= 15 is 0 Å². The molecule has 150 valence electrons. The number of methoxy groups -OCH3 is 2. The van der Waals surface area contributed by atoms with E-state index in [0.29, 0.717) is 6.54 Å². The van der Waals surface area contributed by atoms with Crippen LogP contribution in [0.15, 0.2) is 54.6 Å². The van der Waals surface area contributed by atoms with Crippen molar-refractivity contribution in [2.45, 2.75) is 19.3 Å². The lowest BCUT2D eigenvalue weighted by Gasteiger charge is -2.10. The second kappa shape index (κ2) is 12.6. The number of hydrogen-bond acceptors (Lipinski definition) is 4. The van der Waals surface area contributed by atoms with Crippen molar-refractivity contribution >= 4 is 12.0 Å². The maximum Gasteiger partial charge on any atom is 0.243 e. The van der Waals surface area contributed by atoms with Crippen LogP contribution in [-0.2, 0) is 11.2 Å². The quantitative estimate of drug-likeness (QED) is 0.436. The van der Waals surface area contributed by atoms with Gasteiger partial charge in [-0.2, -0.15) is 0 Å². The summed E-state index contributed by atoms with van der Waals surface area (Å²) >= 11 is 0. The fourth-order valence-corrected chi connectivity index (χ4v) is 2.80. The van der Waals surface area contributed by atoms with Gasteiger partial charge >= 0.3 is 0 Å². The minimum absolute atomic E-state index is 0.0580. The van der Waals surface area contributed by atoms with Gasteiger partial charge in [0.15, 0.2) is 11.5 Å². The number of benzene rings is 2. The number of amides is 1. The van der Waals surface area contributed by atoms with E-state index in [1.54, 1.807) is 20.3 Å². The first-order chi connectivity index (χ1) is 13.7.